The van der Waals surface area contributed by atoms with Crippen molar-refractivity contribution in [1.82, 2.24) is 30.4 Å². The lowest BCUT2D eigenvalue weighted by atomic mass is 10.0. The summed E-state index contributed by atoms with van der Waals surface area (Å²) in [6.45, 7) is 2.28. The smallest absolute Gasteiger partial charge is 0.374 e. The number of nitrogens with one attached hydrogen (secondary N) is 1. The molecule has 0 spiro atoms. The SMILES string of the molecule is Cc1cc(-c2ccc3nnn(Cc4ccc5ncccc5c4)c3n2)ccc1C(=O)NOCCOC(=O)c1ccco1. The lowest BCUT2D eigenvalue weighted by Crippen LogP contribution is -2.26. The van der Waals surface area contributed by atoms with Crippen LogP contribution in [0.15, 0.2) is 89.7 Å². The number of carbonyl (C=O) groups is 2. The molecule has 0 bridgehead atoms. The minimum absolute atomic E-state index is 0.0168. The summed E-state index contributed by atoms with van der Waals surface area (Å²) in [6.07, 6.45) is 3.16. The van der Waals surface area contributed by atoms with Crippen molar-refractivity contribution in [2.24, 2.45) is 0 Å². The number of hydrogen-bond donors (Lipinski definition) is 1. The van der Waals surface area contributed by atoms with Crippen LogP contribution < -0.4 is 5.48 Å². The van der Waals surface area contributed by atoms with Gasteiger partial charge in [-0.15, -0.1) is 5.10 Å². The number of carbonyl (C=O) groups excluding carboxylic acids is 2. The van der Waals surface area contributed by atoms with Gasteiger partial charge in [0.25, 0.3) is 5.91 Å². The summed E-state index contributed by atoms with van der Waals surface area (Å²) in [6, 6.07) is 22.3. The van der Waals surface area contributed by atoms with E-state index in [0.29, 0.717) is 23.3 Å². The van der Waals surface area contributed by atoms with Gasteiger partial charge in [0, 0.05) is 22.7 Å². The number of fused-ring (bicyclic) bond motifs is 2. The minimum Gasteiger partial charge on any atom is -0.457 e. The average molecular weight is 549 g/mol. The first kappa shape index (κ1) is 25.8. The summed E-state index contributed by atoms with van der Waals surface area (Å²) in [5.74, 6) is -0.919. The molecule has 0 saturated carbocycles. The molecule has 4 aromatic heterocycles. The second kappa shape index (κ2) is 11.4. The molecule has 0 saturated heterocycles. The van der Waals surface area contributed by atoms with Gasteiger partial charge in [-0.1, -0.05) is 23.4 Å². The summed E-state index contributed by atoms with van der Waals surface area (Å²) in [5, 5.41) is 9.64. The van der Waals surface area contributed by atoms with E-state index in [9.17, 15) is 9.59 Å². The molecular weight excluding hydrogens is 524 g/mol. The van der Waals surface area contributed by atoms with E-state index in [-0.39, 0.29) is 19.0 Å². The fraction of sp³-hybridized carbons (Fsp3) is 0.133. The maximum absolute atomic E-state index is 12.6. The summed E-state index contributed by atoms with van der Waals surface area (Å²) in [7, 11) is 0. The molecule has 204 valence electrons. The zero-order chi connectivity index (χ0) is 28.2. The van der Waals surface area contributed by atoms with E-state index in [1.807, 2.05) is 55.5 Å². The number of ether oxygens (including phenoxy) is 1. The Morgan fingerprint density at radius 2 is 1.88 bits per heavy atom. The van der Waals surface area contributed by atoms with Gasteiger partial charge in [0.2, 0.25) is 5.76 Å². The Morgan fingerprint density at radius 1 is 0.976 bits per heavy atom. The van der Waals surface area contributed by atoms with Crippen LogP contribution in [0.25, 0.3) is 33.3 Å². The Balaban J connectivity index is 1.11. The summed E-state index contributed by atoms with van der Waals surface area (Å²) < 4.78 is 11.8. The first-order valence-corrected chi connectivity index (χ1v) is 12.8. The zero-order valence-electron chi connectivity index (χ0n) is 22.0. The largest absolute Gasteiger partial charge is 0.457 e. The highest BCUT2D eigenvalue weighted by Gasteiger charge is 2.14. The molecule has 0 aliphatic rings. The van der Waals surface area contributed by atoms with Crippen molar-refractivity contribution in [2.75, 3.05) is 13.2 Å². The normalized spacial score (nSPS) is 11.1. The monoisotopic (exact) mass is 548 g/mol. The van der Waals surface area contributed by atoms with E-state index in [1.54, 1.807) is 23.0 Å². The number of aromatic nitrogens is 5. The highest BCUT2D eigenvalue weighted by atomic mass is 16.7. The Kier molecular flexibility index (Phi) is 7.16. The van der Waals surface area contributed by atoms with Crippen LogP contribution in [0.3, 0.4) is 0 Å². The van der Waals surface area contributed by atoms with Gasteiger partial charge >= 0.3 is 5.97 Å². The number of nitrogens with zero attached hydrogens (tertiary/aromatic N) is 5. The average Bonchev–Trinajstić information content (AvgIpc) is 3.67. The topological polar surface area (TPSA) is 134 Å². The van der Waals surface area contributed by atoms with Gasteiger partial charge in [-0.3, -0.25) is 14.6 Å². The van der Waals surface area contributed by atoms with Crippen LogP contribution >= 0.6 is 0 Å². The van der Waals surface area contributed by atoms with Crippen molar-refractivity contribution in [3.8, 4) is 11.3 Å². The molecule has 41 heavy (non-hydrogen) atoms. The lowest BCUT2D eigenvalue weighted by Gasteiger charge is -2.10. The highest BCUT2D eigenvalue weighted by molar-refractivity contribution is 5.95. The van der Waals surface area contributed by atoms with E-state index >= 15 is 0 Å². The second-order valence-electron chi connectivity index (χ2n) is 9.24. The van der Waals surface area contributed by atoms with Gasteiger partial charge in [-0.2, -0.15) is 0 Å². The molecule has 0 fully saturated rings. The number of pyridine rings is 2. The minimum atomic E-state index is -0.603. The van der Waals surface area contributed by atoms with Crippen molar-refractivity contribution in [1.29, 1.82) is 0 Å². The van der Waals surface area contributed by atoms with Gasteiger partial charge in [0.05, 0.1) is 24.0 Å². The molecule has 11 nitrogen and oxygen atoms in total. The van der Waals surface area contributed by atoms with E-state index in [0.717, 1.165) is 33.3 Å². The molecule has 0 aliphatic carbocycles. The van der Waals surface area contributed by atoms with Crippen molar-refractivity contribution < 1.29 is 23.6 Å². The molecular formula is C30H24N6O5. The van der Waals surface area contributed by atoms with Crippen LogP contribution in [0.5, 0.6) is 0 Å². The Bertz CT molecular complexity index is 1860. The molecule has 1 amide bonds. The predicted molar refractivity (Wildman–Crippen MR) is 149 cm³/mol. The molecule has 2 aromatic carbocycles. The number of esters is 1. The first-order valence-electron chi connectivity index (χ1n) is 12.8. The van der Waals surface area contributed by atoms with E-state index in [1.165, 1.54) is 12.3 Å². The van der Waals surface area contributed by atoms with E-state index < -0.39 is 11.9 Å². The fourth-order valence-electron chi connectivity index (χ4n) is 4.41. The van der Waals surface area contributed by atoms with Gasteiger partial charge in [-0.25, -0.2) is 19.9 Å². The number of furan rings is 1. The summed E-state index contributed by atoms with van der Waals surface area (Å²) in [4.78, 5) is 38.8. The second-order valence-corrected chi connectivity index (χ2v) is 9.24. The molecule has 0 atom stereocenters. The number of hydrogen-bond acceptors (Lipinski definition) is 9. The lowest BCUT2D eigenvalue weighted by molar-refractivity contribution is 0.00176. The molecule has 6 aromatic rings. The van der Waals surface area contributed by atoms with Crippen molar-refractivity contribution in [3.63, 3.8) is 0 Å². The Hall–Kier alpha value is -5.42. The summed E-state index contributed by atoms with van der Waals surface area (Å²) >= 11 is 0. The van der Waals surface area contributed by atoms with Crippen molar-refractivity contribution >= 4 is 33.9 Å². The van der Waals surface area contributed by atoms with Gasteiger partial charge < -0.3 is 9.15 Å². The molecule has 11 heteroatoms. The van der Waals surface area contributed by atoms with Crippen LogP contribution in [-0.2, 0) is 16.1 Å². The third kappa shape index (κ3) is 5.65. The number of benzene rings is 2. The molecule has 0 radical (unpaired) electrons. The Morgan fingerprint density at radius 3 is 2.73 bits per heavy atom. The highest BCUT2D eigenvalue weighted by Crippen LogP contribution is 2.24. The van der Waals surface area contributed by atoms with Gasteiger partial charge in [0.1, 0.15) is 18.7 Å². The number of rotatable bonds is 9. The molecule has 1 N–H and O–H groups in total. The van der Waals surface area contributed by atoms with Crippen LogP contribution in [0, 0.1) is 6.92 Å². The van der Waals surface area contributed by atoms with E-state index in [2.05, 4.69) is 26.8 Å². The van der Waals surface area contributed by atoms with Gasteiger partial charge in [-0.05, 0) is 72.6 Å². The maximum Gasteiger partial charge on any atom is 0.374 e. The zero-order valence-corrected chi connectivity index (χ0v) is 22.0. The van der Waals surface area contributed by atoms with Crippen LogP contribution in [0.4, 0.5) is 0 Å². The van der Waals surface area contributed by atoms with Crippen molar-refractivity contribution in [3.05, 3.63) is 108 Å². The van der Waals surface area contributed by atoms with Gasteiger partial charge in [0.15, 0.2) is 5.65 Å². The number of hydroxylamine groups is 1. The first-order chi connectivity index (χ1) is 20.0. The third-order valence-electron chi connectivity index (χ3n) is 6.43. The molecule has 6 rings (SSSR count). The molecule has 0 aliphatic heterocycles. The molecule has 4 heterocycles. The van der Waals surface area contributed by atoms with Crippen molar-refractivity contribution in [2.45, 2.75) is 13.5 Å². The van der Waals surface area contributed by atoms with Crippen LogP contribution in [0.2, 0.25) is 0 Å². The fourth-order valence-corrected chi connectivity index (χ4v) is 4.41. The number of amides is 1. The standard InChI is InChI=1S/C30H24N6O5/c1-19-16-22(7-8-23(19)29(37)34-41-15-14-40-30(38)27-5-3-13-39-27)25-10-11-26-28(32-25)36(35-33-26)18-20-6-9-24-21(17-20)4-2-12-31-24/h2-13,16-17H,14-15,18H2,1H3,(H,34,37). The van der Waals surface area contributed by atoms with Crippen LogP contribution in [-0.4, -0.2) is 50.1 Å². The van der Waals surface area contributed by atoms with E-state index in [4.69, 9.17) is 19.0 Å². The van der Waals surface area contributed by atoms with Crippen LogP contribution in [0.1, 0.15) is 32.0 Å². The maximum atomic E-state index is 12.6. The quantitative estimate of drug-likeness (QED) is 0.157. The third-order valence-corrected chi connectivity index (χ3v) is 6.43. The Labute approximate surface area is 233 Å². The summed E-state index contributed by atoms with van der Waals surface area (Å²) in [5.41, 5.74) is 8.49. The predicted octanol–water partition coefficient (Wildman–Crippen LogP) is 4.51. The number of aryl methyl sites for hydroxylation is 1. The molecule has 0 unspecified atom stereocenters.